The first kappa shape index (κ1) is 12.6. The second-order valence-corrected chi connectivity index (χ2v) is 5.98. The van der Waals surface area contributed by atoms with Gasteiger partial charge < -0.3 is 10.1 Å². The summed E-state index contributed by atoms with van der Waals surface area (Å²) in [7, 11) is 0. The molecule has 2 heterocycles. The Labute approximate surface area is 117 Å². The molecule has 0 bridgehead atoms. The molecule has 19 heavy (non-hydrogen) atoms. The van der Waals surface area contributed by atoms with Crippen LogP contribution >= 0.6 is 11.3 Å². The quantitative estimate of drug-likeness (QED) is 0.930. The summed E-state index contributed by atoms with van der Waals surface area (Å²) in [6, 6.07) is 6.69. The number of aryl methyl sites for hydroxylation is 1. The number of ether oxygens (including phenoxy) is 1. The fourth-order valence-electron chi connectivity index (χ4n) is 2.41. The van der Waals surface area contributed by atoms with Crippen molar-refractivity contribution < 1.29 is 4.74 Å². The predicted molar refractivity (Wildman–Crippen MR) is 77.8 cm³/mol. The third-order valence-electron chi connectivity index (χ3n) is 3.43. The van der Waals surface area contributed by atoms with E-state index in [1.54, 1.807) is 11.3 Å². The van der Waals surface area contributed by atoms with Crippen LogP contribution in [0.4, 0.5) is 0 Å². The Morgan fingerprint density at radius 1 is 1.53 bits per heavy atom. The number of hydrogen-bond donors (Lipinski definition) is 1. The predicted octanol–water partition coefficient (Wildman–Crippen LogP) is 3.11. The van der Waals surface area contributed by atoms with Crippen LogP contribution in [0.2, 0.25) is 0 Å². The molecule has 3 rings (SSSR count). The highest BCUT2D eigenvalue weighted by molar-refractivity contribution is 7.09. The second-order valence-electron chi connectivity index (χ2n) is 5.06. The van der Waals surface area contributed by atoms with Crippen molar-refractivity contribution in [3.05, 3.63) is 45.9 Å². The third-order valence-corrected chi connectivity index (χ3v) is 4.39. The average molecular weight is 274 g/mol. The summed E-state index contributed by atoms with van der Waals surface area (Å²) in [5.74, 6) is 1.04. The van der Waals surface area contributed by atoms with Crippen LogP contribution in [0.1, 0.15) is 29.1 Å². The molecule has 4 heteroatoms. The summed E-state index contributed by atoms with van der Waals surface area (Å²) in [6.07, 6.45) is 3.08. The highest BCUT2D eigenvalue weighted by Gasteiger charge is 2.23. The van der Waals surface area contributed by atoms with Gasteiger partial charge in [-0.25, -0.2) is 4.98 Å². The Morgan fingerprint density at radius 2 is 2.42 bits per heavy atom. The molecule has 0 amide bonds. The van der Waals surface area contributed by atoms with Crippen LogP contribution in [0, 0.1) is 6.92 Å². The smallest absolute Gasteiger partial charge is 0.123 e. The van der Waals surface area contributed by atoms with E-state index in [2.05, 4.69) is 42.3 Å². The van der Waals surface area contributed by atoms with E-state index in [0.29, 0.717) is 0 Å². The van der Waals surface area contributed by atoms with E-state index in [4.69, 9.17) is 4.74 Å². The summed E-state index contributed by atoms with van der Waals surface area (Å²) in [4.78, 5) is 4.33. The van der Waals surface area contributed by atoms with E-state index in [1.807, 2.05) is 11.6 Å². The number of nitrogens with zero attached hydrogens (tertiary/aromatic N) is 1. The summed E-state index contributed by atoms with van der Waals surface area (Å²) in [5, 5.41) is 6.64. The van der Waals surface area contributed by atoms with Gasteiger partial charge in [-0.2, -0.15) is 0 Å². The first-order chi connectivity index (χ1) is 9.22. The van der Waals surface area contributed by atoms with Crippen molar-refractivity contribution in [1.29, 1.82) is 0 Å². The van der Waals surface area contributed by atoms with Crippen molar-refractivity contribution >= 4 is 11.3 Å². The van der Waals surface area contributed by atoms with Crippen LogP contribution in [0.5, 0.6) is 5.75 Å². The van der Waals surface area contributed by atoms with E-state index in [1.165, 1.54) is 11.1 Å². The van der Waals surface area contributed by atoms with Gasteiger partial charge in [0.2, 0.25) is 0 Å². The molecule has 0 spiro atoms. The number of aromatic nitrogens is 1. The molecular formula is C15H18N2OS. The maximum absolute atomic E-state index is 5.95. The van der Waals surface area contributed by atoms with E-state index < -0.39 is 0 Å². The molecular weight excluding hydrogens is 256 g/mol. The maximum Gasteiger partial charge on any atom is 0.123 e. The highest BCUT2D eigenvalue weighted by atomic mass is 32.1. The number of nitrogens with one attached hydrogen (secondary N) is 1. The lowest BCUT2D eigenvalue weighted by Crippen LogP contribution is -2.31. The molecule has 100 valence electrons. The number of rotatable bonds is 4. The molecule has 0 saturated carbocycles. The monoisotopic (exact) mass is 274 g/mol. The fourth-order valence-corrected chi connectivity index (χ4v) is 3.08. The molecule has 0 radical (unpaired) electrons. The van der Waals surface area contributed by atoms with Gasteiger partial charge in [-0.15, -0.1) is 11.3 Å². The largest absolute Gasteiger partial charge is 0.488 e. The van der Waals surface area contributed by atoms with Crippen molar-refractivity contribution in [1.82, 2.24) is 10.3 Å². The van der Waals surface area contributed by atoms with Crippen molar-refractivity contribution in [3.63, 3.8) is 0 Å². The molecule has 0 saturated heterocycles. The summed E-state index contributed by atoms with van der Waals surface area (Å²) in [5.41, 5.74) is 2.63. The molecule has 2 unspecified atom stereocenters. The van der Waals surface area contributed by atoms with Crippen LogP contribution in [-0.2, 0) is 6.42 Å². The van der Waals surface area contributed by atoms with Gasteiger partial charge in [0.1, 0.15) is 16.9 Å². The molecule has 1 aromatic carbocycles. The van der Waals surface area contributed by atoms with E-state index in [0.717, 1.165) is 23.7 Å². The molecule has 1 aliphatic heterocycles. The molecule has 0 aliphatic carbocycles. The van der Waals surface area contributed by atoms with Gasteiger partial charge in [-0.3, -0.25) is 0 Å². The topological polar surface area (TPSA) is 34.2 Å². The van der Waals surface area contributed by atoms with Crippen LogP contribution in [0.15, 0.2) is 29.8 Å². The lowest BCUT2D eigenvalue weighted by Gasteiger charge is -2.15. The van der Waals surface area contributed by atoms with Gasteiger partial charge in [0, 0.05) is 24.5 Å². The van der Waals surface area contributed by atoms with Gasteiger partial charge in [0.25, 0.3) is 0 Å². The first-order valence-corrected chi connectivity index (χ1v) is 7.49. The minimum absolute atomic E-state index is 0.235. The molecule has 1 N–H and O–H groups in total. The molecule has 2 atom stereocenters. The standard InChI is InChI=1S/C15H18N2OS/c1-10-3-4-14-12(7-10)8-13(18-14)9-17-11(2)15-16-5-6-19-15/h3-7,11,13,17H,8-9H2,1-2H3. The lowest BCUT2D eigenvalue weighted by atomic mass is 10.1. The highest BCUT2D eigenvalue weighted by Crippen LogP contribution is 2.29. The van der Waals surface area contributed by atoms with Crippen molar-refractivity contribution in [2.24, 2.45) is 0 Å². The van der Waals surface area contributed by atoms with Crippen molar-refractivity contribution in [3.8, 4) is 5.75 Å². The van der Waals surface area contributed by atoms with Crippen LogP contribution in [-0.4, -0.2) is 17.6 Å². The van der Waals surface area contributed by atoms with Gasteiger partial charge in [0.05, 0.1) is 6.04 Å². The van der Waals surface area contributed by atoms with Crippen LogP contribution in [0.25, 0.3) is 0 Å². The van der Waals surface area contributed by atoms with Gasteiger partial charge in [0.15, 0.2) is 0 Å². The Balaban J connectivity index is 1.56. The van der Waals surface area contributed by atoms with Gasteiger partial charge in [-0.05, 0) is 25.5 Å². The fraction of sp³-hybridized carbons (Fsp3) is 0.400. The first-order valence-electron chi connectivity index (χ1n) is 6.61. The zero-order chi connectivity index (χ0) is 13.2. The number of fused-ring (bicyclic) bond motifs is 1. The van der Waals surface area contributed by atoms with Gasteiger partial charge >= 0.3 is 0 Å². The minimum atomic E-state index is 0.235. The molecule has 3 nitrogen and oxygen atoms in total. The SMILES string of the molecule is Cc1ccc2c(c1)CC(CNC(C)c1nccs1)O2. The number of thiazole rings is 1. The Kier molecular flexibility index (Phi) is 3.53. The van der Waals surface area contributed by atoms with Crippen molar-refractivity contribution in [2.75, 3.05) is 6.54 Å². The average Bonchev–Trinajstić information content (AvgIpc) is 3.04. The van der Waals surface area contributed by atoms with Gasteiger partial charge in [-0.1, -0.05) is 17.7 Å². The number of hydrogen-bond acceptors (Lipinski definition) is 4. The second kappa shape index (κ2) is 5.31. The Morgan fingerprint density at radius 3 is 3.21 bits per heavy atom. The van der Waals surface area contributed by atoms with E-state index >= 15 is 0 Å². The minimum Gasteiger partial charge on any atom is -0.488 e. The summed E-state index contributed by atoms with van der Waals surface area (Å²) in [6.45, 7) is 5.12. The van der Waals surface area contributed by atoms with Crippen LogP contribution < -0.4 is 10.1 Å². The molecule has 0 fully saturated rings. The van der Waals surface area contributed by atoms with E-state index in [9.17, 15) is 0 Å². The summed E-state index contributed by atoms with van der Waals surface area (Å²) < 4.78 is 5.95. The Bertz CT molecular complexity index is 553. The van der Waals surface area contributed by atoms with Crippen LogP contribution in [0.3, 0.4) is 0 Å². The zero-order valence-corrected chi connectivity index (χ0v) is 12.0. The number of benzene rings is 1. The normalized spacial score (nSPS) is 18.9. The van der Waals surface area contributed by atoms with E-state index in [-0.39, 0.29) is 12.1 Å². The van der Waals surface area contributed by atoms with Crippen molar-refractivity contribution in [2.45, 2.75) is 32.4 Å². The zero-order valence-electron chi connectivity index (χ0n) is 11.2. The maximum atomic E-state index is 5.95. The molecule has 2 aromatic rings. The molecule has 1 aliphatic rings. The summed E-state index contributed by atoms with van der Waals surface area (Å²) >= 11 is 1.69. The lowest BCUT2D eigenvalue weighted by molar-refractivity contribution is 0.222. The third kappa shape index (κ3) is 2.80. The molecule has 1 aromatic heterocycles. The Hall–Kier alpha value is -1.39.